The van der Waals surface area contributed by atoms with E-state index in [0.29, 0.717) is 6.04 Å². The zero-order valence-electron chi connectivity index (χ0n) is 10.8. The van der Waals surface area contributed by atoms with Gasteiger partial charge in [-0.3, -0.25) is 0 Å². The molecule has 2 heteroatoms. The van der Waals surface area contributed by atoms with Crippen LogP contribution in [-0.4, -0.2) is 30.1 Å². The zero-order chi connectivity index (χ0) is 11.4. The van der Waals surface area contributed by atoms with Gasteiger partial charge >= 0.3 is 0 Å². The quantitative estimate of drug-likeness (QED) is 0.778. The third kappa shape index (κ3) is 2.98. The fourth-order valence-corrected chi connectivity index (χ4v) is 3.62. The predicted molar refractivity (Wildman–Crippen MR) is 69.4 cm³/mol. The maximum absolute atomic E-state index is 6.14. The highest BCUT2D eigenvalue weighted by atomic mass is 15.1. The van der Waals surface area contributed by atoms with Crippen LogP contribution in [0.15, 0.2) is 0 Å². The molecule has 2 N–H and O–H groups in total. The van der Waals surface area contributed by atoms with E-state index in [0.717, 1.165) is 12.0 Å². The summed E-state index contributed by atoms with van der Waals surface area (Å²) in [4.78, 5) is 2.71. The van der Waals surface area contributed by atoms with Crippen LogP contribution in [0.1, 0.15) is 58.3 Å². The van der Waals surface area contributed by atoms with Gasteiger partial charge in [0, 0.05) is 12.1 Å². The van der Waals surface area contributed by atoms with Crippen molar-refractivity contribution >= 4 is 0 Å². The van der Waals surface area contributed by atoms with Crippen molar-refractivity contribution in [2.45, 2.75) is 70.4 Å². The molecule has 0 aromatic carbocycles. The van der Waals surface area contributed by atoms with Gasteiger partial charge in [-0.25, -0.2) is 0 Å². The van der Waals surface area contributed by atoms with Crippen LogP contribution in [-0.2, 0) is 0 Å². The minimum absolute atomic E-state index is 0.502. The van der Waals surface area contributed by atoms with Gasteiger partial charge in [-0.2, -0.15) is 0 Å². The number of nitrogens with zero attached hydrogens (tertiary/aromatic N) is 1. The Morgan fingerprint density at radius 2 is 1.81 bits per heavy atom. The maximum Gasteiger partial charge on any atom is 0.00951 e. The van der Waals surface area contributed by atoms with E-state index in [1.165, 1.54) is 64.5 Å². The van der Waals surface area contributed by atoms with E-state index >= 15 is 0 Å². The van der Waals surface area contributed by atoms with Gasteiger partial charge in [-0.1, -0.05) is 26.2 Å². The monoisotopic (exact) mass is 224 g/mol. The Kier molecular flexibility index (Phi) is 4.66. The van der Waals surface area contributed by atoms with E-state index in [4.69, 9.17) is 5.73 Å². The molecule has 0 spiro atoms. The molecule has 2 nitrogen and oxygen atoms in total. The predicted octanol–water partition coefficient (Wildman–Crippen LogP) is 2.77. The molecule has 0 aromatic heterocycles. The Morgan fingerprint density at radius 1 is 1.06 bits per heavy atom. The summed E-state index contributed by atoms with van der Waals surface area (Å²) in [5.74, 6) is 0.815. The third-order valence-electron chi connectivity index (χ3n) is 4.75. The first-order valence-corrected chi connectivity index (χ1v) is 7.31. The Bertz CT molecular complexity index is 199. The van der Waals surface area contributed by atoms with Crippen LogP contribution in [0.2, 0.25) is 0 Å². The molecule has 0 aliphatic heterocycles. The number of rotatable bonds is 5. The van der Waals surface area contributed by atoms with Crippen LogP contribution >= 0.6 is 0 Å². The van der Waals surface area contributed by atoms with Gasteiger partial charge in [-0.05, 0) is 51.1 Å². The average Bonchev–Trinajstić information content (AvgIpc) is 2.92. The van der Waals surface area contributed by atoms with E-state index in [2.05, 4.69) is 11.8 Å². The number of hydrogen-bond acceptors (Lipinski definition) is 2. The normalized spacial score (nSPS) is 31.7. The fourth-order valence-electron chi connectivity index (χ4n) is 3.62. The van der Waals surface area contributed by atoms with E-state index < -0.39 is 0 Å². The lowest BCUT2D eigenvalue weighted by Crippen LogP contribution is -2.36. The second kappa shape index (κ2) is 6.02. The zero-order valence-corrected chi connectivity index (χ0v) is 10.8. The van der Waals surface area contributed by atoms with E-state index in [1.54, 1.807) is 0 Å². The van der Waals surface area contributed by atoms with Gasteiger partial charge in [0.05, 0.1) is 0 Å². The van der Waals surface area contributed by atoms with Crippen LogP contribution in [0.5, 0.6) is 0 Å². The molecule has 2 rings (SSSR count). The lowest BCUT2D eigenvalue weighted by Gasteiger charge is -2.29. The Balaban J connectivity index is 1.73. The first-order valence-electron chi connectivity index (χ1n) is 7.31. The van der Waals surface area contributed by atoms with Crippen molar-refractivity contribution in [2.24, 2.45) is 11.7 Å². The molecule has 0 bridgehead atoms. The van der Waals surface area contributed by atoms with Crippen LogP contribution in [0.4, 0.5) is 0 Å². The van der Waals surface area contributed by atoms with Crippen molar-refractivity contribution in [2.75, 3.05) is 13.1 Å². The molecule has 2 aliphatic carbocycles. The third-order valence-corrected chi connectivity index (χ3v) is 4.75. The molecule has 2 atom stereocenters. The van der Waals surface area contributed by atoms with Crippen LogP contribution < -0.4 is 5.73 Å². The Hall–Kier alpha value is -0.0800. The molecular formula is C14H28N2. The highest BCUT2D eigenvalue weighted by Crippen LogP contribution is 2.29. The van der Waals surface area contributed by atoms with Crippen molar-refractivity contribution < 1.29 is 0 Å². The minimum atomic E-state index is 0.502. The van der Waals surface area contributed by atoms with Crippen LogP contribution in [0, 0.1) is 5.92 Å². The van der Waals surface area contributed by atoms with E-state index in [-0.39, 0.29) is 0 Å². The topological polar surface area (TPSA) is 29.3 Å². The molecule has 0 aromatic rings. The van der Waals surface area contributed by atoms with Gasteiger partial charge < -0.3 is 10.6 Å². The molecule has 2 fully saturated rings. The second-order valence-corrected chi connectivity index (χ2v) is 5.71. The first-order chi connectivity index (χ1) is 7.81. The van der Waals surface area contributed by atoms with Crippen LogP contribution in [0.25, 0.3) is 0 Å². The molecule has 2 aliphatic rings. The molecule has 0 saturated heterocycles. The molecule has 2 unspecified atom stereocenters. The van der Waals surface area contributed by atoms with E-state index in [1.807, 2.05) is 0 Å². The largest absolute Gasteiger partial charge is 0.327 e. The molecule has 0 radical (unpaired) electrons. The van der Waals surface area contributed by atoms with Gasteiger partial charge in [-0.15, -0.1) is 0 Å². The number of hydrogen-bond donors (Lipinski definition) is 1. The number of nitrogens with two attached hydrogens (primary N) is 1. The summed E-state index contributed by atoms with van der Waals surface area (Å²) in [5, 5.41) is 0. The Morgan fingerprint density at radius 3 is 2.38 bits per heavy atom. The SMILES string of the molecule is CCN(CCC1CCCC1N)C1CCCC1. The summed E-state index contributed by atoms with van der Waals surface area (Å²) in [7, 11) is 0. The summed E-state index contributed by atoms with van der Waals surface area (Å²) < 4.78 is 0. The molecule has 0 amide bonds. The smallest absolute Gasteiger partial charge is 0.00951 e. The van der Waals surface area contributed by atoms with Crippen molar-refractivity contribution in [1.82, 2.24) is 4.90 Å². The van der Waals surface area contributed by atoms with Gasteiger partial charge in [0.15, 0.2) is 0 Å². The summed E-state index contributed by atoms with van der Waals surface area (Å²) >= 11 is 0. The fraction of sp³-hybridized carbons (Fsp3) is 1.00. The standard InChI is InChI=1S/C14H28N2/c1-2-16(13-7-3-4-8-13)11-10-12-6-5-9-14(12)15/h12-14H,2-11,15H2,1H3. The minimum Gasteiger partial charge on any atom is -0.327 e. The van der Waals surface area contributed by atoms with Crippen molar-refractivity contribution in [1.29, 1.82) is 0 Å². The van der Waals surface area contributed by atoms with Crippen molar-refractivity contribution in [3.05, 3.63) is 0 Å². The van der Waals surface area contributed by atoms with Crippen molar-refractivity contribution in [3.63, 3.8) is 0 Å². The lowest BCUT2D eigenvalue weighted by molar-refractivity contribution is 0.191. The van der Waals surface area contributed by atoms with Crippen LogP contribution in [0.3, 0.4) is 0 Å². The molecular weight excluding hydrogens is 196 g/mol. The molecule has 94 valence electrons. The highest BCUT2D eigenvalue weighted by Gasteiger charge is 2.26. The van der Waals surface area contributed by atoms with Gasteiger partial charge in [0.2, 0.25) is 0 Å². The molecule has 0 heterocycles. The highest BCUT2D eigenvalue weighted by molar-refractivity contribution is 4.83. The lowest BCUT2D eigenvalue weighted by atomic mass is 9.99. The summed E-state index contributed by atoms with van der Waals surface area (Å²) in [6, 6.07) is 1.39. The average molecular weight is 224 g/mol. The van der Waals surface area contributed by atoms with Crippen molar-refractivity contribution in [3.8, 4) is 0 Å². The first kappa shape index (κ1) is 12.4. The summed E-state index contributed by atoms with van der Waals surface area (Å²) in [6.45, 7) is 4.83. The molecule has 2 saturated carbocycles. The van der Waals surface area contributed by atoms with Gasteiger partial charge in [0.25, 0.3) is 0 Å². The van der Waals surface area contributed by atoms with Gasteiger partial charge in [0.1, 0.15) is 0 Å². The second-order valence-electron chi connectivity index (χ2n) is 5.71. The summed E-state index contributed by atoms with van der Waals surface area (Å²) in [5.41, 5.74) is 6.14. The summed E-state index contributed by atoms with van der Waals surface area (Å²) in [6.07, 6.45) is 11.1. The van der Waals surface area contributed by atoms with E-state index in [9.17, 15) is 0 Å². The maximum atomic E-state index is 6.14. The Labute approximate surface area is 101 Å². The molecule has 16 heavy (non-hydrogen) atoms.